The van der Waals surface area contributed by atoms with Gasteiger partial charge in [0.05, 0.1) is 0 Å². The van der Waals surface area contributed by atoms with Crippen LogP contribution in [0.3, 0.4) is 0 Å². The summed E-state index contributed by atoms with van der Waals surface area (Å²) in [5.41, 5.74) is 3.35. The summed E-state index contributed by atoms with van der Waals surface area (Å²) in [4.78, 5) is 2.25. The molecule has 1 aromatic carbocycles. The van der Waals surface area contributed by atoms with E-state index in [-0.39, 0.29) is 0 Å². The van der Waals surface area contributed by atoms with Gasteiger partial charge in [0, 0.05) is 18.6 Å². The van der Waals surface area contributed by atoms with E-state index in [2.05, 4.69) is 69.3 Å². The molecule has 2 rings (SSSR count). The lowest BCUT2D eigenvalue weighted by atomic mass is 9.71. The summed E-state index contributed by atoms with van der Waals surface area (Å²) < 4.78 is 0. The molecule has 2 unspecified atom stereocenters. The van der Waals surface area contributed by atoms with Crippen LogP contribution in [0, 0.1) is 0 Å². The van der Waals surface area contributed by atoms with Crippen molar-refractivity contribution in [3.63, 3.8) is 0 Å². The van der Waals surface area contributed by atoms with E-state index >= 15 is 0 Å². The Balaban J connectivity index is 2.16. The largest absolute Gasteiger partial charge is 0.308 e. The lowest BCUT2D eigenvalue weighted by molar-refractivity contribution is 0.296. The van der Waals surface area contributed by atoms with Gasteiger partial charge in [0.2, 0.25) is 0 Å². The van der Waals surface area contributed by atoms with Crippen molar-refractivity contribution >= 4 is 0 Å². The third kappa shape index (κ3) is 3.37. The average Bonchev–Trinajstić information content (AvgIpc) is 2.32. The third-order valence-corrected chi connectivity index (χ3v) is 4.25. The van der Waals surface area contributed by atoms with E-state index < -0.39 is 0 Å². The maximum atomic E-state index is 3.80. The first-order valence-corrected chi connectivity index (χ1v) is 7.40. The number of hydrogen-bond acceptors (Lipinski definition) is 2. The minimum atomic E-state index is 0.319. The summed E-state index contributed by atoms with van der Waals surface area (Å²) >= 11 is 0. The molecule has 0 aliphatic heterocycles. The maximum Gasteiger partial charge on any atom is 0.0326 e. The zero-order valence-electron chi connectivity index (χ0n) is 13.0. The molecule has 1 aromatic rings. The highest BCUT2D eigenvalue weighted by molar-refractivity contribution is 5.38. The van der Waals surface area contributed by atoms with Gasteiger partial charge >= 0.3 is 0 Å². The number of benzene rings is 1. The lowest BCUT2D eigenvalue weighted by Gasteiger charge is -2.38. The van der Waals surface area contributed by atoms with Gasteiger partial charge in [0.1, 0.15) is 0 Å². The van der Waals surface area contributed by atoms with Crippen LogP contribution in [0.1, 0.15) is 50.8 Å². The highest BCUT2D eigenvalue weighted by atomic mass is 15.1. The van der Waals surface area contributed by atoms with Crippen LogP contribution in [0.15, 0.2) is 24.3 Å². The molecule has 0 fully saturated rings. The predicted molar refractivity (Wildman–Crippen MR) is 82.6 cm³/mol. The smallest absolute Gasteiger partial charge is 0.0326 e. The normalized spacial score (nSPS) is 23.2. The van der Waals surface area contributed by atoms with E-state index in [9.17, 15) is 0 Å². The molecule has 19 heavy (non-hydrogen) atoms. The third-order valence-electron chi connectivity index (χ3n) is 4.25. The second-order valence-corrected chi connectivity index (χ2v) is 6.89. The van der Waals surface area contributed by atoms with Crippen LogP contribution < -0.4 is 5.32 Å². The SMILES string of the molecule is CC(CN(C)C)NC1CCC(C)(C)c2ccccc21. The van der Waals surface area contributed by atoms with Gasteiger partial charge < -0.3 is 10.2 Å². The summed E-state index contributed by atoms with van der Waals surface area (Å²) in [6.07, 6.45) is 2.50. The van der Waals surface area contributed by atoms with Crippen LogP contribution in [0.5, 0.6) is 0 Å². The first-order chi connectivity index (χ1) is 8.90. The van der Waals surface area contributed by atoms with Gasteiger partial charge in [0.25, 0.3) is 0 Å². The molecule has 0 saturated heterocycles. The molecule has 1 N–H and O–H groups in total. The molecule has 0 radical (unpaired) electrons. The molecule has 0 aromatic heterocycles. The van der Waals surface area contributed by atoms with E-state index in [0.29, 0.717) is 17.5 Å². The van der Waals surface area contributed by atoms with E-state index in [4.69, 9.17) is 0 Å². The molecule has 0 bridgehead atoms. The Hall–Kier alpha value is -0.860. The quantitative estimate of drug-likeness (QED) is 0.893. The Labute approximate surface area is 118 Å². The number of hydrogen-bond donors (Lipinski definition) is 1. The first-order valence-electron chi connectivity index (χ1n) is 7.40. The minimum Gasteiger partial charge on any atom is -0.308 e. The minimum absolute atomic E-state index is 0.319. The summed E-state index contributed by atoms with van der Waals surface area (Å²) in [5, 5.41) is 3.80. The molecule has 2 heteroatoms. The Bertz CT molecular complexity index is 423. The van der Waals surface area contributed by atoms with E-state index in [1.165, 1.54) is 24.0 Å². The summed E-state index contributed by atoms with van der Waals surface area (Å²) in [6, 6.07) is 9.99. The Kier molecular flexibility index (Phi) is 4.32. The predicted octanol–water partition coefficient (Wildman–Crippen LogP) is 3.34. The molecule has 2 nitrogen and oxygen atoms in total. The lowest BCUT2D eigenvalue weighted by Crippen LogP contribution is -2.41. The van der Waals surface area contributed by atoms with E-state index in [1.54, 1.807) is 0 Å². The monoisotopic (exact) mass is 260 g/mol. The molecule has 1 aliphatic rings. The molecule has 106 valence electrons. The van der Waals surface area contributed by atoms with Crippen LogP contribution in [0.25, 0.3) is 0 Å². The molecular weight excluding hydrogens is 232 g/mol. The molecule has 0 heterocycles. The Morgan fingerprint density at radius 1 is 1.32 bits per heavy atom. The van der Waals surface area contributed by atoms with Crippen molar-refractivity contribution in [1.29, 1.82) is 0 Å². The van der Waals surface area contributed by atoms with Gasteiger partial charge in [-0.2, -0.15) is 0 Å². The number of fused-ring (bicyclic) bond motifs is 1. The van der Waals surface area contributed by atoms with Crippen LogP contribution in [0.4, 0.5) is 0 Å². The molecule has 0 amide bonds. The fourth-order valence-electron chi connectivity index (χ4n) is 3.33. The van der Waals surface area contributed by atoms with Crippen molar-refractivity contribution in [3.05, 3.63) is 35.4 Å². The Morgan fingerprint density at radius 2 is 2.00 bits per heavy atom. The molecule has 2 atom stereocenters. The second kappa shape index (κ2) is 5.64. The van der Waals surface area contributed by atoms with Crippen LogP contribution in [0.2, 0.25) is 0 Å². The molecular formula is C17H28N2. The van der Waals surface area contributed by atoms with Gasteiger partial charge in [0.15, 0.2) is 0 Å². The van der Waals surface area contributed by atoms with E-state index in [0.717, 1.165) is 6.54 Å². The average molecular weight is 260 g/mol. The van der Waals surface area contributed by atoms with Crippen LogP contribution in [-0.2, 0) is 5.41 Å². The van der Waals surface area contributed by atoms with Crippen molar-refractivity contribution in [2.45, 2.75) is 51.1 Å². The fraction of sp³-hybridized carbons (Fsp3) is 0.647. The standard InChI is InChI=1S/C17H28N2/c1-13(12-19(4)5)18-16-10-11-17(2,3)15-9-7-6-8-14(15)16/h6-9,13,16,18H,10-12H2,1-5H3. The highest BCUT2D eigenvalue weighted by Gasteiger charge is 2.32. The zero-order chi connectivity index (χ0) is 14.0. The van der Waals surface area contributed by atoms with Gasteiger partial charge in [-0.15, -0.1) is 0 Å². The van der Waals surface area contributed by atoms with Gasteiger partial charge in [-0.05, 0) is 50.4 Å². The molecule has 0 saturated carbocycles. The second-order valence-electron chi connectivity index (χ2n) is 6.89. The van der Waals surface area contributed by atoms with Gasteiger partial charge in [-0.1, -0.05) is 38.1 Å². The molecule has 1 aliphatic carbocycles. The van der Waals surface area contributed by atoms with Crippen molar-refractivity contribution in [1.82, 2.24) is 10.2 Å². The topological polar surface area (TPSA) is 15.3 Å². The van der Waals surface area contributed by atoms with Crippen LogP contribution in [-0.4, -0.2) is 31.6 Å². The Morgan fingerprint density at radius 3 is 2.68 bits per heavy atom. The fourth-order valence-corrected chi connectivity index (χ4v) is 3.33. The van der Waals surface area contributed by atoms with Crippen molar-refractivity contribution in [2.24, 2.45) is 0 Å². The van der Waals surface area contributed by atoms with Gasteiger partial charge in [-0.3, -0.25) is 0 Å². The number of rotatable bonds is 4. The number of likely N-dealkylation sites (N-methyl/N-ethyl adjacent to an activating group) is 1. The van der Waals surface area contributed by atoms with Crippen molar-refractivity contribution in [3.8, 4) is 0 Å². The number of nitrogens with zero attached hydrogens (tertiary/aromatic N) is 1. The zero-order valence-corrected chi connectivity index (χ0v) is 13.0. The van der Waals surface area contributed by atoms with Gasteiger partial charge in [-0.25, -0.2) is 0 Å². The molecule has 0 spiro atoms. The van der Waals surface area contributed by atoms with Crippen molar-refractivity contribution < 1.29 is 0 Å². The van der Waals surface area contributed by atoms with E-state index in [1.807, 2.05) is 0 Å². The maximum absolute atomic E-state index is 3.80. The number of nitrogens with one attached hydrogen (secondary N) is 1. The van der Waals surface area contributed by atoms with Crippen molar-refractivity contribution in [2.75, 3.05) is 20.6 Å². The highest BCUT2D eigenvalue weighted by Crippen LogP contribution is 2.41. The summed E-state index contributed by atoms with van der Waals surface area (Å²) in [6.45, 7) is 8.10. The summed E-state index contributed by atoms with van der Waals surface area (Å²) in [7, 11) is 4.27. The van der Waals surface area contributed by atoms with Crippen LogP contribution >= 0.6 is 0 Å². The summed E-state index contributed by atoms with van der Waals surface area (Å²) in [5.74, 6) is 0. The first kappa shape index (κ1) is 14.5.